The molecule has 130 valence electrons. The molecule has 0 unspecified atom stereocenters. The van der Waals surface area contributed by atoms with E-state index in [1.54, 1.807) is 0 Å². The molecule has 1 aromatic heterocycles. The SMILES string of the molecule is CCOC(=O)c1c(C(F)(F)F)nn(CCN2CCOCC2)c1N. The van der Waals surface area contributed by atoms with Crippen LogP contribution >= 0.6 is 0 Å². The van der Waals surface area contributed by atoms with E-state index >= 15 is 0 Å². The Kier molecular flexibility index (Phi) is 5.47. The van der Waals surface area contributed by atoms with Crippen molar-refractivity contribution in [2.75, 3.05) is 45.2 Å². The first-order valence-electron chi connectivity index (χ1n) is 7.25. The summed E-state index contributed by atoms with van der Waals surface area (Å²) in [5.74, 6) is -1.45. The highest BCUT2D eigenvalue weighted by atomic mass is 19.4. The average Bonchev–Trinajstić information content (AvgIpc) is 2.83. The molecule has 0 spiro atoms. The van der Waals surface area contributed by atoms with Gasteiger partial charge < -0.3 is 15.2 Å². The fourth-order valence-electron chi connectivity index (χ4n) is 2.31. The van der Waals surface area contributed by atoms with E-state index in [1.165, 1.54) is 6.92 Å². The van der Waals surface area contributed by atoms with Crippen LogP contribution in [0.4, 0.5) is 19.0 Å². The molecule has 1 aromatic rings. The number of anilines is 1. The number of aromatic nitrogens is 2. The van der Waals surface area contributed by atoms with Crippen LogP contribution in [0.15, 0.2) is 0 Å². The van der Waals surface area contributed by atoms with Crippen molar-refractivity contribution in [2.24, 2.45) is 0 Å². The summed E-state index contributed by atoms with van der Waals surface area (Å²) in [6, 6.07) is 0. The summed E-state index contributed by atoms with van der Waals surface area (Å²) in [7, 11) is 0. The van der Waals surface area contributed by atoms with Crippen molar-refractivity contribution in [3.63, 3.8) is 0 Å². The van der Waals surface area contributed by atoms with Gasteiger partial charge in [-0.1, -0.05) is 0 Å². The van der Waals surface area contributed by atoms with Crippen molar-refractivity contribution in [3.8, 4) is 0 Å². The molecule has 23 heavy (non-hydrogen) atoms. The van der Waals surface area contributed by atoms with E-state index in [0.717, 1.165) is 4.68 Å². The highest BCUT2D eigenvalue weighted by Crippen LogP contribution is 2.34. The van der Waals surface area contributed by atoms with Gasteiger partial charge in [-0.05, 0) is 6.92 Å². The van der Waals surface area contributed by atoms with Gasteiger partial charge >= 0.3 is 12.1 Å². The Bertz CT molecular complexity index is 553. The molecule has 7 nitrogen and oxygen atoms in total. The summed E-state index contributed by atoms with van der Waals surface area (Å²) in [6.07, 6.45) is -4.78. The summed E-state index contributed by atoms with van der Waals surface area (Å²) < 4.78 is 50.1. The smallest absolute Gasteiger partial charge is 0.436 e. The monoisotopic (exact) mass is 336 g/mol. The molecule has 2 N–H and O–H groups in total. The number of carbonyl (C=O) groups excluding carboxylic acids is 1. The largest absolute Gasteiger partial charge is 0.462 e. The first kappa shape index (κ1) is 17.5. The van der Waals surface area contributed by atoms with Crippen molar-refractivity contribution in [1.82, 2.24) is 14.7 Å². The molecule has 1 saturated heterocycles. The van der Waals surface area contributed by atoms with E-state index in [0.29, 0.717) is 32.8 Å². The van der Waals surface area contributed by atoms with E-state index in [-0.39, 0.29) is 19.0 Å². The van der Waals surface area contributed by atoms with E-state index in [2.05, 4.69) is 9.84 Å². The topological polar surface area (TPSA) is 82.6 Å². The highest BCUT2D eigenvalue weighted by molar-refractivity contribution is 5.95. The molecule has 0 amide bonds. The van der Waals surface area contributed by atoms with Crippen molar-refractivity contribution in [2.45, 2.75) is 19.6 Å². The number of hydrogen-bond acceptors (Lipinski definition) is 6. The maximum Gasteiger partial charge on any atom is 0.436 e. The standard InChI is InChI=1S/C13H19F3N4O3/c1-2-23-12(21)9-10(13(14,15)16)18-20(11(9)17)4-3-19-5-7-22-8-6-19/h2-8,17H2,1H3. The van der Waals surface area contributed by atoms with Gasteiger partial charge in [-0.3, -0.25) is 4.90 Å². The number of esters is 1. The molecular formula is C13H19F3N4O3. The molecule has 1 aliphatic heterocycles. The number of ether oxygens (including phenoxy) is 2. The quantitative estimate of drug-likeness (QED) is 0.808. The maximum absolute atomic E-state index is 13.1. The number of halogens is 3. The first-order chi connectivity index (χ1) is 10.8. The molecule has 10 heteroatoms. The van der Waals surface area contributed by atoms with E-state index in [4.69, 9.17) is 10.5 Å². The molecule has 1 fully saturated rings. The maximum atomic E-state index is 13.1. The Labute approximate surface area is 131 Å². The van der Waals surface area contributed by atoms with E-state index in [9.17, 15) is 18.0 Å². The predicted octanol–water partition coefficient (Wildman–Crippen LogP) is 0.993. The van der Waals surface area contributed by atoms with Crippen LogP contribution in [0.3, 0.4) is 0 Å². The molecule has 0 bridgehead atoms. The third-order valence-electron chi connectivity index (χ3n) is 3.47. The Hall–Kier alpha value is -1.81. The lowest BCUT2D eigenvalue weighted by molar-refractivity contribution is -0.142. The molecule has 2 heterocycles. The minimum absolute atomic E-state index is 0.0471. The predicted molar refractivity (Wildman–Crippen MR) is 74.9 cm³/mol. The van der Waals surface area contributed by atoms with Crippen LogP contribution in [-0.4, -0.2) is 60.1 Å². The first-order valence-corrected chi connectivity index (χ1v) is 7.25. The summed E-state index contributed by atoms with van der Waals surface area (Å²) in [5, 5.41) is 3.48. The van der Waals surface area contributed by atoms with Crippen molar-refractivity contribution < 1.29 is 27.4 Å². The lowest BCUT2D eigenvalue weighted by Crippen LogP contribution is -2.38. The second kappa shape index (κ2) is 7.18. The minimum atomic E-state index is -4.78. The van der Waals surface area contributed by atoms with E-state index in [1.807, 2.05) is 4.90 Å². The zero-order valence-corrected chi connectivity index (χ0v) is 12.7. The van der Waals surface area contributed by atoms with Crippen LogP contribution in [0.1, 0.15) is 23.0 Å². The van der Waals surface area contributed by atoms with Crippen LogP contribution in [-0.2, 0) is 22.2 Å². The third-order valence-corrected chi connectivity index (χ3v) is 3.47. The van der Waals surface area contributed by atoms with Crippen molar-refractivity contribution in [1.29, 1.82) is 0 Å². The minimum Gasteiger partial charge on any atom is -0.462 e. The molecule has 0 saturated carbocycles. The van der Waals surface area contributed by atoms with Gasteiger partial charge in [0.25, 0.3) is 0 Å². The van der Waals surface area contributed by atoms with Crippen LogP contribution in [0.2, 0.25) is 0 Å². The summed E-state index contributed by atoms with van der Waals surface area (Å²) in [6.45, 7) is 4.62. The van der Waals surface area contributed by atoms with Crippen LogP contribution in [0.5, 0.6) is 0 Å². The molecule has 0 radical (unpaired) electrons. The molecule has 1 aliphatic rings. The Morgan fingerprint density at radius 3 is 2.57 bits per heavy atom. The Balaban J connectivity index is 2.21. The van der Waals surface area contributed by atoms with Gasteiger partial charge in [0, 0.05) is 19.6 Å². The van der Waals surface area contributed by atoms with Crippen molar-refractivity contribution in [3.05, 3.63) is 11.3 Å². The van der Waals surface area contributed by atoms with Crippen LogP contribution in [0.25, 0.3) is 0 Å². The van der Waals surface area contributed by atoms with Crippen molar-refractivity contribution >= 4 is 11.8 Å². The van der Waals surface area contributed by atoms with Gasteiger partial charge in [0.05, 0.1) is 26.4 Å². The lowest BCUT2D eigenvalue weighted by atomic mass is 10.2. The normalized spacial score (nSPS) is 16.5. The molecular weight excluding hydrogens is 317 g/mol. The molecule has 0 aliphatic carbocycles. The van der Waals surface area contributed by atoms with Gasteiger partial charge in [-0.25, -0.2) is 9.48 Å². The van der Waals surface area contributed by atoms with Gasteiger partial charge in [-0.15, -0.1) is 0 Å². The Morgan fingerprint density at radius 1 is 1.35 bits per heavy atom. The average molecular weight is 336 g/mol. The second-order valence-corrected chi connectivity index (χ2v) is 5.00. The zero-order chi connectivity index (χ0) is 17.0. The van der Waals surface area contributed by atoms with Gasteiger partial charge in [0.1, 0.15) is 11.4 Å². The molecule has 0 aromatic carbocycles. The number of nitrogens with zero attached hydrogens (tertiary/aromatic N) is 3. The second-order valence-electron chi connectivity index (χ2n) is 5.00. The fraction of sp³-hybridized carbons (Fsp3) is 0.692. The van der Waals surface area contributed by atoms with Crippen LogP contribution in [0, 0.1) is 0 Å². The third kappa shape index (κ3) is 4.14. The number of nitrogen functional groups attached to an aromatic ring is 1. The van der Waals surface area contributed by atoms with Gasteiger partial charge in [-0.2, -0.15) is 18.3 Å². The number of rotatable bonds is 5. The number of nitrogens with two attached hydrogens (primary N) is 1. The highest BCUT2D eigenvalue weighted by Gasteiger charge is 2.41. The number of carbonyl (C=O) groups is 1. The summed E-state index contributed by atoms with van der Waals surface area (Å²) in [5.41, 5.74) is 3.67. The fourth-order valence-corrected chi connectivity index (χ4v) is 2.31. The van der Waals surface area contributed by atoms with Gasteiger partial charge in [0.15, 0.2) is 5.69 Å². The summed E-state index contributed by atoms with van der Waals surface area (Å²) in [4.78, 5) is 13.8. The van der Waals surface area contributed by atoms with E-state index < -0.39 is 23.4 Å². The number of alkyl halides is 3. The zero-order valence-electron chi connectivity index (χ0n) is 12.7. The Morgan fingerprint density at radius 2 is 2.00 bits per heavy atom. The lowest BCUT2D eigenvalue weighted by Gasteiger charge is -2.26. The van der Waals surface area contributed by atoms with Crippen LogP contribution < -0.4 is 5.73 Å². The summed E-state index contributed by atoms with van der Waals surface area (Å²) >= 11 is 0. The number of hydrogen-bond donors (Lipinski definition) is 1. The molecule has 2 rings (SSSR count). The van der Waals surface area contributed by atoms with Gasteiger partial charge in [0.2, 0.25) is 0 Å². The molecule has 0 atom stereocenters. The number of morpholine rings is 1.